The van der Waals surface area contributed by atoms with Crippen LogP contribution in [0.4, 0.5) is 0 Å². The summed E-state index contributed by atoms with van der Waals surface area (Å²) in [5.74, 6) is -0.293. The van der Waals surface area contributed by atoms with Gasteiger partial charge in [-0.05, 0) is 36.8 Å². The van der Waals surface area contributed by atoms with Crippen LogP contribution in [0, 0.1) is 11.8 Å². The lowest BCUT2D eigenvalue weighted by atomic mass is 10.0. The van der Waals surface area contributed by atoms with Crippen LogP contribution in [-0.4, -0.2) is 31.3 Å². The van der Waals surface area contributed by atoms with E-state index >= 15 is 0 Å². The number of hydrogen-bond acceptors (Lipinski definition) is 7. The van der Waals surface area contributed by atoms with E-state index in [4.69, 9.17) is 18.3 Å². The van der Waals surface area contributed by atoms with E-state index in [2.05, 4.69) is 19.6 Å². The van der Waals surface area contributed by atoms with Crippen molar-refractivity contribution < 1.29 is 33.0 Å². The number of carbonyl (C=O) groups is 2. The summed E-state index contributed by atoms with van der Waals surface area (Å²) >= 11 is 0. The molecule has 2 rings (SSSR count). The highest BCUT2D eigenvalue weighted by Gasteiger charge is 2.31. The maximum Gasteiger partial charge on any atom is 0.342 e. The van der Waals surface area contributed by atoms with E-state index in [9.17, 15) is 14.7 Å². The quantitative estimate of drug-likeness (QED) is 0.325. The van der Waals surface area contributed by atoms with E-state index in [0.29, 0.717) is 19.1 Å². The number of furan rings is 2. The van der Waals surface area contributed by atoms with Crippen LogP contribution in [-0.2, 0) is 9.47 Å². The fraction of sp³-hybridized carbons (Fsp3) is 0.583. The summed E-state index contributed by atoms with van der Waals surface area (Å²) in [7, 11) is -1.59. The zero-order chi connectivity index (χ0) is 24.1. The zero-order valence-corrected chi connectivity index (χ0v) is 21.1. The fourth-order valence-corrected chi connectivity index (χ4v) is 3.79. The molecule has 0 fully saturated rings. The van der Waals surface area contributed by atoms with Crippen molar-refractivity contribution in [1.29, 1.82) is 0 Å². The largest absolute Gasteiger partial charge is 0.466 e. The molecule has 0 radical (unpaired) electrons. The number of rotatable bonds is 11. The van der Waals surface area contributed by atoms with Crippen molar-refractivity contribution in [3.63, 3.8) is 0 Å². The maximum atomic E-state index is 13.0. The van der Waals surface area contributed by atoms with Crippen molar-refractivity contribution >= 4 is 20.0 Å². The van der Waals surface area contributed by atoms with Gasteiger partial charge in [0.1, 0.15) is 23.0 Å². The Kier molecular flexibility index (Phi) is 8.92. The third-order valence-electron chi connectivity index (χ3n) is 4.69. The van der Waals surface area contributed by atoms with Crippen LogP contribution in [0.25, 0.3) is 0 Å². The van der Waals surface area contributed by atoms with E-state index in [1.54, 1.807) is 6.07 Å². The summed E-state index contributed by atoms with van der Waals surface area (Å²) in [4.78, 5) is 25.7. The molecule has 2 unspecified atom stereocenters. The summed E-state index contributed by atoms with van der Waals surface area (Å²) in [6.07, 6.45) is 2.36. The second kappa shape index (κ2) is 11.0. The predicted octanol–water partition coefficient (Wildman–Crippen LogP) is 5.93. The van der Waals surface area contributed by atoms with E-state index in [1.807, 2.05) is 27.7 Å². The van der Waals surface area contributed by atoms with Gasteiger partial charge in [-0.25, -0.2) is 9.59 Å². The Hall–Kier alpha value is -2.32. The zero-order valence-electron chi connectivity index (χ0n) is 20.1. The Balaban J connectivity index is 2.25. The highest BCUT2D eigenvalue weighted by atomic mass is 28.3. The molecular weight excluding hydrogens is 428 g/mol. The molecule has 0 aliphatic rings. The smallest absolute Gasteiger partial charge is 0.342 e. The SMILES string of the molecule is CC(C)CC(O)c1occc1C(=O)OC(CC(C)C)c1occc1C(=O)OC[Si](C)(C)C. The van der Waals surface area contributed by atoms with Crippen LogP contribution < -0.4 is 0 Å². The summed E-state index contributed by atoms with van der Waals surface area (Å²) in [5, 5.41) is 10.4. The lowest BCUT2D eigenvalue weighted by Crippen LogP contribution is -2.30. The highest BCUT2D eigenvalue weighted by molar-refractivity contribution is 6.76. The van der Waals surface area contributed by atoms with E-state index in [1.165, 1.54) is 18.6 Å². The number of hydrogen-bond donors (Lipinski definition) is 1. The van der Waals surface area contributed by atoms with Crippen LogP contribution in [0.15, 0.2) is 33.5 Å². The minimum Gasteiger partial charge on any atom is -0.466 e. The number of ether oxygens (including phenoxy) is 2. The molecule has 178 valence electrons. The molecule has 8 heteroatoms. The van der Waals surface area contributed by atoms with Gasteiger partial charge in [0, 0.05) is 0 Å². The number of aliphatic hydroxyl groups excluding tert-OH is 1. The standard InChI is InChI=1S/C24H36O7Si/c1-15(2)12-19(25)21-17(8-10-28-21)24(27)31-20(13-16(3)4)22-18(9-11-29-22)23(26)30-14-32(5,6)7/h8-11,15-16,19-20,25H,12-14H2,1-7H3. The van der Waals surface area contributed by atoms with E-state index in [0.717, 1.165) is 0 Å². The van der Waals surface area contributed by atoms with Crippen molar-refractivity contribution in [2.75, 3.05) is 6.23 Å². The lowest BCUT2D eigenvalue weighted by Gasteiger charge is -2.20. The monoisotopic (exact) mass is 464 g/mol. The minimum atomic E-state index is -1.59. The molecule has 0 saturated heterocycles. The molecular formula is C24H36O7Si. The molecule has 2 aromatic rings. The van der Waals surface area contributed by atoms with Gasteiger partial charge in [0.2, 0.25) is 0 Å². The van der Waals surface area contributed by atoms with Gasteiger partial charge in [-0.1, -0.05) is 47.3 Å². The first-order chi connectivity index (χ1) is 14.9. The third kappa shape index (κ3) is 7.38. The van der Waals surface area contributed by atoms with Crippen molar-refractivity contribution in [2.24, 2.45) is 11.8 Å². The molecule has 7 nitrogen and oxygen atoms in total. The van der Waals surface area contributed by atoms with E-state index in [-0.39, 0.29) is 34.5 Å². The Morgan fingerprint density at radius 2 is 1.44 bits per heavy atom. The Bertz CT molecular complexity index is 888. The van der Waals surface area contributed by atoms with Gasteiger partial charge in [0.05, 0.1) is 26.8 Å². The Morgan fingerprint density at radius 1 is 0.906 bits per heavy atom. The first kappa shape index (κ1) is 25.9. The van der Waals surface area contributed by atoms with Crippen molar-refractivity contribution in [2.45, 2.75) is 72.4 Å². The van der Waals surface area contributed by atoms with Gasteiger partial charge >= 0.3 is 11.9 Å². The Morgan fingerprint density at radius 3 is 1.97 bits per heavy atom. The average molecular weight is 465 g/mol. The van der Waals surface area contributed by atoms with Crippen LogP contribution >= 0.6 is 0 Å². The predicted molar refractivity (Wildman–Crippen MR) is 123 cm³/mol. The van der Waals surface area contributed by atoms with Gasteiger partial charge in [-0.3, -0.25) is 0 Å². The first-order valence-corrected chi connectivity index (χ1v) is 14.8. The summed E-state index contributed by atoms with van der Waals surface area (Å²) in [6.45, 7) is 14.2. The van der Waals surface area contributed by atoms with Crippen LogP contribution in [0.3, 0.4) is 0 Å². The molecule has 0 spiro atoms. The number of carbonyl (C=O) groups excluding carboxylic acids is 2. The van der Waals surface area contributed by atoms with Gasteiger partial charge in [-0.2, -0.15) is 0 Å². The molecule has 2 aromatic heterocycles. The number of aliphatic hydroxyl groups is 1. The van der Waals surface area contributed by atoms with Crippen LogP contribution in [0.2, 0.25) is 19.6 Å². The second-order valence-electron chi connectivity index (χ2n) is 10.2. The molecule has 2 atom stereocenters. The molecule has 0 aromatic carbocycles. The molecule has 0 bridgehead atoms. The second-order valence-corrected chi connectivity index (χ2v) is 15.6. The topological polar surface area (TPSA) is 99.1 Å². The summed E-state index contributed by atoms with van der Waals surface area (Å²) < 4.78 is 22.2. The average Bonchev–Trinajstić information content (AvgIpc) is 3.33. The van der Waals surface area contributed by atoms with Gasteiger partial charge in [0.25, 0.3) is 0 Å². The fourth-order valence-electron chi connectivity index (χ4n) is 3.23. The molecule has 0 aliphatic carbocycles. The molecule has 2 heterocycles. The maximum absolute atomic E-state index is 13.0. The minimum absolute atomic E-state index is 0.166. The third-order valence-corrected chi connectivity index (χ3v) is 5.70. The highest BCUT2D eigenvalue weighted by Crippen LogP contribution is 2.32. The lowest BCUT2D eigenvalue weighted by molar-refractivity contribution is 0.0168. The van der Waals surface area contributed by atoms with Crippen molar-refractivity contribution in [1.82, 2.24) is 0 Å². The molecule has 0 amide bonds. The van der Waals surface area contributed by atoms with Crippen molar-refractivity contribution in [3.05, 3.63) is 47.3 Å². The van der Waals surface area contributed by atoms with Crippen molar-refractivity contribution in [3.8, 4) is 0 Å². The van der Waals surface area contributed by atoms with Gasteiger partial charge in [-0.15, -0.1) is 0 Å². The van der Waals surface area contributed by atoms with Gasteiger partial charge in [0.15, 0.2) is 11.9 Å². The van der Waals surface area contributed by atoms with E-state index < -0.39 is 32.2 Å². The molecule has 32 heavy (non-hydrogen) atoms. The summed E-state index contributed by atoms with van der Waals surface area (Å²) in [6, 6.07) is 3.03. The Labute approximate surface area is 191 Å². The first-order valence-electron chi connectivity index (χ1n) is 11.1. The molecule has 1 N–H and O–H groups in total. The normalized spacial score (nSPS) is 13.9. The summed E-state index contributed by atoms with van der Waals surface area (Å²) in [5.41, 5.74) is 0.426. The number of esters is 2. The van der Waals surface area contributed by atoms with Crippen LogP contribution in [0.1, 0.15) is 85.0 Å². The van der Waals surface area contributed by atoms with Crippen LogP contribution in [0.5, 0.6) is 0 Å². The molecule has 0 saturated carbocycles. The molecule has 0 aliphatic heterocycles. The van der Waals surface area contributed by atoms with Gasteiger partial charge < -0.3 is 23.4 Å².